The highest BCUT2D eigenvalue weighted by Crippen LogP contribution is 2.30. The molecule has 0 unspecified atom stereocenters. The number of ketones is 4. The first kappa shape index (κ1) is 75.6. The lowest BCUT2D eigenvalue weighted by atomic mass is 9.92. The van der Waals surface area contributed by atoms with Crippen LogP contribution in [0.25, 0.3) is 0 Å². The molecule has 0 aromatic heterocycles. The van der Waals surface area contributed by atoms with Gasteiger partial charge in [0.2, 0.25) is 17.7 Å². The van der Waals surface area contributed by atoms with E-state index in [1.165, 1.54) is 96.0 Å². The zero-order valence-electron chi connectivity index (χ0n) is 53.4. The van der Waals surface area contributed by atoms with Crippen molar-refractivity contribution in [2.45, 2.75) is 102 Å². The number of carbonyl (C=O) groups excluding carboxylic acids is 9. The standard InChI is InChI=1S/C63H88N18O13/c1-34(26-47(82)40-32-38(16-20-51(40)91-2)78-57(88)37(10-6-22-74-60(66)67)31-48(83)41-33-39(17-21-52(41)92-3)79-59(90)44(64)11-7-23-75-61(68)69)56(87)80-45(12-8-24-76-62(70)71)49(84)30-36-15-19-54(94-5)43(28-36)58(89)81-46(13-9-25-77-63(72)73)50(85)29-35-14-18-53(93-4)42(27-35)55(65)86/h14-21,27-28,32-34,37,44-46H,6-13,22-26,29-31,64H2,1-5H3,(H2,65,86)(H,78,88)(H,79,90)(H,80,87)(H,81,89)(H4,66,67,74)(H4,68,69,75)(H4,70,71,76)(H4,72,73,77)/t34-,37+,44-,45-,46-/m1/s1. The highest BCUT2D eigenvalue weighted by atomic mass is 16.5. The number of nitrogens with one attached hydrogen (secondary N) is 12. The summed E-state index contributed by atoms with van der Waals surface area (Å²) >= 11 is 0. The quantitative estimate of drug-likeness (QED) is 0.0129. The molecule has 4 aromatic rings. The lowest BCUT2D eigenvalue weighted by Crippen LogP contribution is -2.44. The molecule has 0 aliphatic heterocycles. The first-order chi connectivity index (χ1) is 44.7. The summed E-state index contributed by atoms with van der Waals surface area (Å²) in [6, 6.07) is 14.5. The fourth-order valence-electron chi connectivity index (χ4n) is 9.86. The molecule has 508 valence electrons. The minimum absolute atomic E-state index is 0.00623. The molecule has 5 atom stereocenters. The topological polar surface area (TPSA) is 538 Å². The smallest absolute Gasteiger partial charge is 0.255 e. The van der Waals surface area contributed by atoms with Crippen molar-refractivity contribution in [3.05, 3.63) is 106 Å². The van der Waals surface area contributed by atoms with Gasteiger partial charge in [-0.15, -0.1) is 0 Å². The molecule has 5 amide bonds. The molecule has 0 saturated heterocycles. The van der Waals surface area contributed by atoms with Gasteiger partial charge in [-0.25, -0.2) is 0 Å². The fraction of sp³-hybridized carbons (Fsp3) is 0.413. The van der Waals surface area contributed by atoms with Crippen LogP contribution in [-0.2, 0) is 36.8 Å². The normalized spacial score (nSPS) is 12.3. The van der Waals surface area contributed by atoms with Gasteiger partial charge >= 0.3 is 0 Å². The van der Waals surface area contributed by atoms with Crippen molar-refractivity contribution >= 4 is 87.9 Å². The second kappa shape index (κ2) is 38.1. The summed E-state index contributed by atoms with van der Waals surface area (Å²) in [5, 5.41) is 51.7. The third-order valence-corrected chi connectivity index (χ3v) is 14.8. The van der Waals surface area contributed by atoms with Crippen LogP contribution in [0.15, 0.2) is 72.8 Å². The zero-order valence-corrected chi connectivity index (χ0v) is 53.4. The number of guanidine groups is 4. The van der Waals surface area contributed by atoms with Crippen molar-refractivity contribution in [3.63, 3.8) is 0 Å². The lowest BCUT2D eigenvalue weighted by Gasteiger charge is -2.21. The number of hydrogen-bond acceptors (Lipinski definition) is 18. The molecule has 94 heavy (non-hydrogen) atoms. The number of rotatable bonds is 41. The minimum Gasteiger partial charge on any atom is -0.496 e. The van der Waals surface area contributed by atoms with Gasteiger partial charge in [-0.2, -0.15) is 0 Å². The van der Waals surface area contributed by atoms with Gasteiger partial charge in [0.15, 0.2) is 47.0 Å². The molecular weight excluding hydrogens is 1220 g/mol. The van der Waals surface area contributed by atoms with E-state index in [4.69, 9.17) is 75.0 Å². The number of carbonyl (C=O) groups is 9. The number of amides is 5. The van der Waals surface area contributed by atoms with Gasteiger partial charge in [0.05, 0.1) is 68.8 Å². The summed E-state index contributed by atoms with van der Waals surface area (Å²) < 4.78 is 21.8. The highest BCUT2D eigenvalue weighted by molar-refractivity contribution is 6.06. The Hall–Kier alpha value is -10.9. The first-order valence-electron chi connectivity index (χ1n) is 30.1. The van der Waals surface area contributed by atoms with Gasteiger partial charge in [-0.1, -0.05) is 19.1 Å². The number of anilines is 2. The van der Waals surface area contributed by atoms with E-state index >= 15 is 0 Å². The van der Waals surface area contributed by atoms with Crippen LogP contribution in [-0.4, -0.2) is 149 Å². The summed E-state index contributed by atoms with van der Waals surface area (Å²) in [6.07, 6.45) is 0.539. The van der Waals surface area contributed by atoms with E-state index in [1.54, 1.807) is 12.1 Å². The van der Waals surface area contributed by atoms with Gasteiger partial charge in [0.1, 0.15) is 23.0 Å². The van der Waals surface area contributed by atoms with E-state index in [2.05, 4.69) is 42.5 Å². The summed E-state index contributed by atoms with van der Waals surface area (Å²) in [5.41, 5.74) is 34.7. The minimum atomic E-state index is -1.16. The van der Waals surface area contributed by atoms with Gasteiger partial charge in [-0.3, -0.25) is 64.8 Å². The Morgan fingerprint density at radius 1 is 0.447 bits per heavy atom. The lowest BCUT2D eigenvalue weighted by molar-refractivity contribution is -0.129. The van der Waals surface area contributed by atoms with Crippen LogP contribution < -0.4 is 95.9 Å². The van der Waals surface area contributed by atoms with Crippen LogP contribution in [0.4, 0.5) is 11.4 Å². The van der Waals surface area contributed by atoms with Crippen LogP contribution in [0.1, 0.15) is 124 Å². The van der Waals surface area contributed by atoms with Gasteiger partial charge in [-0.05, 0) is 123 Å². The highest BCUT2D eigenvalue weighted by Gasteiger charge is 2.30. The van der Waals surface area contributed by atoms with Gasteiger partial charge in [0, 0.05) is 75.1 Å². The largest absolute Gasteiger partial charge is 0.496 e. The number of methoxy groups -OCH3 is 4. The van der Waals surface area contributed by atoms with Crippen molar-refractivity contribution < 1.29 is 62.1 Å². The molecule has 24 N–H and O–H groups in total. The number of Topliss-reactive ketones (excluding diaryl/α,β-unsaturated/α-hetero) is 4. The van der Waals surface area contributed by atoms with Crippen LogP contribution in [0, 0.1) is 33.5 Å². The molecule has 0 bridgehead atoms. The maximum atomic E-state index is 14.3. The second-order valence-electron chi connectivity index (χ2n) is 22.0. The maximum Gasteiger partial charge on any atom is 0.255 e. The average molecular weight is 1310 g/mol. The Bertz CT molecular complexity index is 3420. The van der Waals surface area contributed by atoms with Crippen molar-refractivity contribution in [1.82, 2.24) is 31.9 Å². The zero-order chi connectivity index (χ0) is 69.6. The van der Waals surface area contributed by atoms with Crippen LogP contribution in [0.5, 0.6) is 23.0 Å². The molecule has 0 fully saturated rings. The molecule has 0 aliphatic rings. The second-order valence-corrected chi connectivity index (χ2v) is 22.0. The van der Waals surface area contributed by atoms with E-state index in [1.807, 2.05) is 0 Å². The first-order valence-corrected chi connectivity index (χ1v) is 30.1. The summed E-state index contributed by atoms with van der Waals surface area (Å²) in [4.78, 5) is 124. The predicted octanol–water partition coefficient (Wildman–Crippen LogP) is 1.38. The van der Waals surface area contributed by atoms with Crippen molar-refractivity contribution in [3.8, 4) is 23.0 Å². The van der Waals surface area contributed by atoms with Crippen molar-refractivity contribution in [2.24, 2.45) is 46.2 Å². The van der Waals surface area contributed by atoms with E-state index in [0.29, 0.717) is 36.9 Å². The molecule has 0 spiro atoms. The molecule has 0 radical (unpaired) electrons. The van der Waals surface area contributed by atoms with E-state index in [9.17, 15) is 43.2 Å². The number of nitrogens with two attached hydrogens (primary N) is 6. The number of ether oxygens (including phenoxy) is 4. The number of primary amides is 1. The average Bonchev–Trinajstić information content (AvgIpc) is 0.909. The summed E-state index contributed by atoms with van der Waals surface area (Å²) in [7, 11) is 5.39. The Morgan fingerprint density at radius 3 is 1.28 bits per heavy atom. The number of benzene rings is 4. The van der Waals surface area contributed by atoms with Crippen molar-refractivity contribution in [2.75, 3.05) is 65.3 Å². The fourth-order valence-corrected chi connectivity index (χ4v) is 9.86. The predicted molar refractivity (Wildman–Crippen MR) is 353 cm³/mol. The van der Waals surface area contributed by atoms with Gasteiger partial charge < -0.3 is 95.9 Å². The van der Waals surface area contributed by atoms with E-state index in [-0.39, 0.29) is 151 Å². The van der Waals surface area contributed by atoms with E-state index in [0.717, 1.165) is 0 Å². The Kier molecular flexibility index (Phi) is 30.7. The Balaban J connectivity index is 1.53. The van der Waals surface area contributed by atoms with Crippen LogP contribution in [0.3, 0.4) is 0 Å². The van der Waals surface area contributed by atoms with Crippen molar-refractivity contribution in [1.29, 1.82) is 21.6 Å². The Morgan fingerprint density at radius 2 is 0.830 bits per heavy atom. The number of hydrogen-bond donors (Lipinski definition) is 18. The molecule has 31 nitrogen and oxygen atoms in total. The third-order valence-electron chi connectivity index (χ3n) is 14.8. The Labute approximate surface area is 544 Å². The maximum absolute atomic E-state index is 14.3. The molecule has 4 aromatic carbocycles. The molecule has 31 heteroatoms. The van der Waals surface area contributed by atoms with Gasteiger partial charge in [0.25, 0.3) is 11.8 Å². The van der Waals surface area contributed by atoms with Crippen LogP contribution in [0.2, 0.25) is 0 Å². The molecule has 0 saturated carbocycles. The third kappa shape index (κ3) is 24.7. The molecular formula is C63H88N18O13. The SMILES string of the molecule is COc1ccc(CC(=O)[C@@H](CCCNC(=N)N)NC(=O)c2cc(CC(=O)[C@@H](CCCNC(=N)N)NC(=O)[C@H](C)CC(=O)c3cc(NC(=O)[C@@H](CCCNC(=N)N)CC(=O)c4cc(NC(=O)[C@H](N)CCCNC(=N)N)ccc4OC)ccc3OC)ccc2OC)cc1C(N)=O. The monoisotopic (exact) mass is 1300 g/mol. The van der Waals surface area contributed by atoms with Crippen LogP contribution >= 0.6 is 0 Å². The summed E-state index contributed by atoms with van der Waals surface area (Å²) in [5.74, 6) is -7.90. The van der Waals surface area contributed by atoms with E-state index < -0.39 is 89.1 Å². The molecule has 0 aliphatic carbocycles. The summed E-state index contributed by atoms with van der Waals surface area (Å²) in [6.45, 7) is 2.38. The molecule has 0 heterocycles. The molecule has 4 rings (SSSR count).